The molecule has 1 saturated heterocycles. The minimum absolute atomic E-state index is 0.777. The van der Waals surface area contributed by atoms with Gasteiger partial charge in [-0.2, -0.15) is 0 Å². The van der Waals surface area contributed by atoms with Crippen LogP contribution in [0.3, 0.4) is 0 Å². The molecule has 1 atom stereocenters. The van der Waals surface area contributed by atoms with Crippen LogP contribution in [0.25, 0.3) is 0 Å². The Balaban J connectivity index is 1.68. The Bertz CT molecular complexity index is 209. The summed E-state index contributed by atoms with van der Waals surface area (Å²) in [7, 11) is 0. The lowest BCUT2D eigenvalue weighted by atomic mass is 9.96. The summed E-state index contributed by atoms with van der Waals surface area (Å²) >= 11 is 0. The Morgan fingerprint density at radius 3 is 2.59 bits per heavy atom. The van der Waals surface area contributed by atoms with Gasteiger partial charge in [-0.25, -0.2) is 0 Å². The van der Waals surface area contributed by atoms with Crippen LogP contribution in [0.1, 0.15) is 52.4 Å². The summed E-state index contributed by atoms with van der Waals surface area (Å²) in [6.45, 7) is 9.54. The first-order valence-corrected chi connectivity index (χ1v) is 7.72. The molecule has 0 aromatic heterocycles. The van der Waals surface area contributed by atoms with E-state index < -0.39 is 0 Å². The molecule has 2 nitrogen and oxygen atoms in total. The Hall–Kier alpha value is -0.0800. The van der Waals surface area contributed by atoms with Gasteiger partial charge in [0.25, 0.3) is 0 Å². The van der Waals surface area contributed by atoms with Gasteiger partial charge >= 0.3 is 0 Å². The van der Waals surface area contributed by atoms with E-state index >= 15 is 0 Å². The lowest BCUT2D eigenvalue weighted by Gasteiger charge is -2.29. The third-order valence-corrected chi connectivity index (χ3v) is 4.49. The summed E-state index contributed by atoms with van der Waals surface area (Å²) in [5, 5.41) is 3.58. The molecule has 0 radical (unpaired) electrons. The van der Waals surface area contributed by atoms with Crippen molar-refractivity contribution in [3.63, 3.8) is 0 Å². The Kier molecular flexibility index (Phi) is 5.30. The van der Waals surface area contributed by atoms with Crippen LogP contribution in [0.4, 0.5) is 0 Å². The Morgan fingerprint density at radius 1 is 1.12 bits per heavy atom. The van der Waals surface area contributed by atoms with Crippen LogP contribution in [-0.2, 0) is 0 Å². The number of nitrogens with one attached hydrogen (secondary N) is 1. The normalized spacial score (nSPS) is 27.4. The standard InChI is InChI=1S/C15H30N2/c1-13(2)12-16-9-11-17-10-5-8-15(17)14-6-3-4-7-14/h13-16H,3-12H2,1-2H3. The van der Waals surface area contributed by atoms with E-state index in [1.54, 1.807) is 0 Å². The fourth-order valence-corrected chi connectivity index (χ4v) is 3.62. The number of nitrogens with zero attached hydrogens (tertiary/aromatic N) is 1. The molecule has 1 unspecified atom stereocenters. The highest BCUT2D eigenvalue weighted by Crippen LogP contribution is 2.34. The lowest BCUT2D eigenvalue weighted by molar-refractivity contribution is 0.191. The summed E-state index contributed by atoms with van der Waals surface area (Å²) in [6.07, 6.45) is 8.88. The van der Waals surface area contributed by atoms with Gasteiger partial charge in [-0.3, -0.25) is 4.90 Å². The van der Waals surface area contributed by atoms with Crippen molar-refractivity contribution in [3.05, 3.63) is 0 Å². The maximum Gasteiger partial charge on any atom is 0.0124 e. The molecule has 0 amide bonds. The molecule has 1 saturated carbocycles. The second kappa shape index (κ2) is 6.75. The van der Waals surface area contributed by atoms with E-state index in [2.05, 4.69) is 24.1 Å². The first kappa shape index (κ1) is 13.4. The molecule has 2 aliphatic rings. The molecule has 1 aliphatic heterocycles. The lowest BCUT2D eigenvalue weighted by Crippen LogP contribution is -2.39. The van der Waals surface area contributed by atoms with Crippen molar-refractivity contribution in [2.45, 2.75) is 58.4 Å². The van der Waals surface area contributed by atoms with Crippen LogP contribution in [0.5, 0.6) is 0 Å². The van der Waals surface area contributed by atoms with Crippen LogP contribution in [0, 0.1) is 11.8 Å². The molecule has 0 aromatic rings. The highest BCUT2D eigenvalue weighted by atomic mass is 15.2. The summed E-state index contributed by atoms with van der Waals surface area (Å²) in [5.41, 5.74) is 0. The minimum Gasteiger partial charge on any atom is -0.315 e. The maximum atomic E-state index is 3.58. The van der Waals surface area contributed by atoms with E-state index in [1.807, 2.05) is 0 Å². The van der Waals surface area contributed by atoms with Gasteiger partial charge in [0.15, 0.2) is 0 Å². The first-order chi connectivity index (χ1) is 8.27. The highest BCUT2D eigenvalue weighted by Gasteiger charge is 2.32. The predicted octanol–water partition coefficient (Wildman–Crippen LogP) is 2.89. The van der Waals surface area contributed by atoms with Crippen LogP contribution < -0.4 is 5.32 Å². The van der Waals surface area contributed by atoms with Gasteiger partial charge < -0.3 is 5.32 Å². The van der Waals surface area contributed by atoms with Crippen LogP contribution >= 0.6 is 0 Å². The molecule has 2 heteroatoms. The van der Waals surface area contributed by atoms with Crippen LogP contribution in [0.15, 0.2) is 0 Å². The van der Waals surface area contributed by atoms with E-state index in [0.29, 0.717) is 0 Å². The summed E-state index contributed by atoms with van der Waals surface area (Å²) in [6, 6.07) is 0.929. The molecule has 0 spiro atoms. The minimum atomic E-state index is 0.777. The topological polar surface area (TPSA) is 15.3 Å². The Morgan fingerprint density at radius 2 is 1.88 bits per heavy atom. The zero-order chi connectivity index (χ0) is 12.1. The molecule has 17 heavy (non-hydrogen) atoms. The largest absolute Gasteiger partial charge is 0.315 e. The average Bonchev–Trinajstić information content (AvgIpc) is 2.94. The van der Waals surface area contributed by atoms with E-state index in [4.69, 9.17) is 0 Å². The third kappa shape index (κ3) is 3.96. The van der Waals surface area contributed by atoms with Crippen LogP contribution in [0.2, 0.25) is 0 Å². The van der Waals surface area contributed by atoms with Gasteiger partial charge in [0.2, 0.25) is 0 Å². The molecule has 1 heterocycles. The van der Waals surface area contributed by atoms with Gasteiger partial charge in [0.1, 0.15) is 0 Å². The average molecular weight is 238 g/mol. The van der Waals surface area contributed by atoms with E-state index in [0.717, 1.165) is 17.9 Å². The molecule has 0 aromatic carbocycles. The van der Waals surface area contributed by atoms with E-state index in [1.165, 1.54) is 64.7 Å². The smallest absolute Gasteiger partial charge is 0.0124 e. The predicted molar refractivity (Wildman–Crippen MR) is 74.3 cm³/mol. The second-order valence-corrected chi connectivity index (χ2v) is 6.39. The fraction of sp³-hybridized carbons (Fsp3) is 1.00. The number of likely N-dealkylation sites (tertiary alicyclic amines) is 1. The SMILES string of the molecule is CC(C)CNCCN1CCCC1C1CCCC1. The molecule has 1 aliphatic carbocycles. The van der Waals surface area contributed by atoms with E-state index in [-0.39, 0.29) is 0 Å². The molecule has 100 valence electrons. The van der Waals surface area contributed by atoms with Gasteiger partial charge in [0.05, 0.1) is 0 Å². The Labute approximate surface area is 107 Å². The van der Waals surface area contributed by atoms with Crippen molar-refractivity contribution in [1.29, 1.82) is 0 Å². The number of hydrogen-bond acceptors (Lipinski definition) is 2. The second-order valence-electron chi connectivity index (χ2n) is 6.39. The van der Waals surface area contributed by atoms with Crippen molar-refractivity contribution < 1.29 is 0 Å². The van der Waals surface area contributed by atoms with Crippen LogP contribution in [-0.4, -0.2) is 37.1 Å². The summed E-state index contributed by atoms with van der Waals surface area (Å²) < 4.78 is 0. The molecular formula is C15H30N2. The van der Waals surface area contributed by atoms with Gasteiger partial charge in [-0.05, 0) is 50.6 Å². The zero-order valence-electron chi connectivity index (χ0n) is 11.8. The van der Waals surface area contributed by atoms with Gasteiger partial charge in [-0.15, -0.1) is 0 Å². The number of rotatable bonds is 6. The van der Waals surface area contributed by atoms with Gasteiger partial charge in [0, 0.05) is 19.1 Å². The van der Waals surface area contributed by atoms with E-state index in [9.17, 15) is 0 Å². The van der Waals surface area contributed by atoms with Crippen molar-refractivity contribution in [2.24, 2.45) is 11.8 Å². The molecular weight excluding hydrogens is 208 g/mol. The van der Waals surface area contributed by atoms with Gasteiger partial charge in [-0.1, -0.05) is 26.7 Å². The van der Waals surface area contributed by atoms with Crippen molar-refractivity contribution in [3.8, 4) is 0 Å². The molecule has 0 bridgehead atoms. The molecule has 2 fully saturated rings. The zero-order valence-corrected chi connectivity index (χ0v) is 11.8. The molecule has 1 N–H and O–H groups in total. The quantitative estimate of drug-likeness (QED) is 0.716. The number of hydrogen-bond donors (Lipinski definition) is 1. The summed E-state index contributed by atoms with van der Waals surface area (Å²) in [4.78, 5) is 2.77. The fourth-order valence-electron chi connectivity index (χ4n) is 3.62. The van der Waals surface area contributed by atoms with Crippen molar-refractivity contribution in [2.75, 3.05) is 26.2 Å². The third-order valence-electron chi connectivity index (χ3n) is 4.49. The van der Waals surface area contributed by atoms with Crippen molar-refractivity contribution >= 4 is 0 Å². The molecule has 2 rings (SSSR count). The monoisotopic (exact) mass is 238 g/mol. The highest BCUT2D eigenvalue weighted by molar-refractivity contribution is 4.87. The van der Waals surface area contributed by atoms with Crippen molar-refractivity contribution in [1.82, 2.24) is 10.2 Å². The summed E-state index contributed by atoms with van der Waals surface area (Å²) in [5.74, 6) is 1.81. The first-order valence-electron chi connectivity index (χ1n) is 7.72. The maximum absolute atomic E-state index is 3.58.